The maximum Gasteiger partial charge on any atom is 0.257 e. The highest BCUT2D eigenvalue weighted by atomic mass is 16.5. The van der Waals surface area contributed by atoms with Gasteiger partial charge < -0.3 is 19.3 Å². The van der Waals surface area contributed by atoms with Crippen LogP contribution in [-0.2, 0) is 0 Å². The van der Waals surface area contributed by atoms with Crippen LogP contribution in [0.2, 0.25) is 0 Å². The number of para-hydroxylation sites is 1. The summed E-state index contributed by atoms with van der Waals surface area (Å²) in [6.07, 6.45) is 0. The fourth-order valence-corrected chi connectivity index (χ4v) is 3.10. The zero-order valence-corrected chi connectivity index (χ0v) is 15.0. The summed E-state index contributed by atoms with van der Waals surface area (Å²) in [6.45, 7) is 1.98. The van der Waals surface area contributed by atoms with Crippen molar-refractivity contribution in [2.24, 2.45) is 0 Å². The molecule has 1 heterocycles. The first-order valence-electron chi connectivity index (χ1n) is 8.50. The Labute approximate surface area is 152 Å². The van der Waals surface area contributed by atoms with Gasteiger partial charge in [-0.2, -0.15) is 0 Å². The van der Waals surface area contributed by atoms with E-state index in [-0.39, 0.29) is 11.8 Å². The molecule has 26 heavy (non-hydrogen) atoms. The number of rotatable bonds is 4. The van der Waals surface area contributed by atoms with Gasteiger partial charge in [0.1, 0.15) is 0 Å². The van der Waals surface area contributed by atoms with Crippen molar-refractivity contribution in [1.29, 1.82) is 0 Å². The third-order valence-corrected chi connectivity index (χ3v) is 4.51. The zero-order valence-electron chi connectivity index (χ0n) is 15.0. The van der Waals surface area contributed by atoms with Crippen LogP contribution in [0.25, 0.3) is 0 Å². The van der Waals surface area contributed by atoms with E-state index in [0.29, 0.717) is 48.8 Å². The third-order valence-electron chi connectivity index (χ3n) is 4.51. The topological polar surface area (TPSA) is 59.1 Å². The summed E-state index contributed by atoms with van der Waals surface area (Å²) >= 11 is 0. The van der Waals surface area contributed by atoms with E-state index in [4.69, 9.17) is 9.47 Å². The molecule has 0 saturated carbocycles. The van der Waals surface area contributed by atoms with Gasteiger partial charge in [0.2, 0.25) is 0 Å². The van der Waals surface area contributed by atoms with E-state index in [2.05, 4.69) is 0 Å². The zero-order chi connectivity index (χ0) is 18.5. The SMILES string of the molecule is COc1cccc(C(=O)N2CCN(C(=O)c3ccccc3)CC2)c1OC. The van der Waals surface area contributed by atoms with Crippen LogP contribution in [0.5, 0.6) is 11.5 Å². The first-order valence-corrected chi connectivity index (χ1v) is 8.50. The highest BCUT2D eigenvalue weighted by molar-refractivity contribution is 5.98. The third kappa shape index (κ3) is 3.49. The van der Waals surface area contributed by atoms with Gasteiger partial charge in [0.15, 0.2) is 11.5 Å². The number of nitrogens with zero attached hydrogens (tertiary/aromatic N) is 2. The van der Waals surface area contributed by atoms with Crippen LogP contribution in [0.3, 0.4) is 0 Å². The fourth-order valence-electron chi connectivity index (χ4n) is 3.10. The normalized spacial score (nSPS) is 14.1. The first-order chi connectivity index (χ1) is 12.7. The standard InChI is InChI=1S/C20H22N2O4/c1-25-17-10-6-9-16(18(17)26-2)20(24)22-13-11-21(12-14-22)19(23)15-7-4-3-5-8-15/h3-10H,11-14H2,1-2H3. The van der Waals surface area contributed by atoms with E-state index < -0.39 is 0 Å². The molecule has 2 aromatic carbocycles. The molecule has 6 nitrogen and oxygen atoms in total. The minimum atomic E-state index is -0.118. The molecule has 0 spiro atoms. The van der Waals surface area contributed by atoms with Gasteiger partial charge in [-0.05, 0) is 24.3 Å². The van der Waals surface area contributed by atoms with Gasteiger partial charge in [-0.3, -0.25) is 9.59 Å². The molecule has 1 fully saturated rings. The van der Waals surface area contributed by atoms with Crippen molar-refractivity contribution in [2.45, 2.75) is 0 Å². The lowest BCUT2D eigenvalue weighted by atomic mass is 10.1. The van der Waals surface area contributed by atoms with Crippen LogP contribution in [-0.4, -0.2) is 62.0 Å². The molecule has 0 N–H and O–H groups in total. The van der Waals surface area contributed by atoms with Gasteiger partial charge in [0, 0.05) is 31.7 Å². The lowest BCUT2D eigenvalue weighted by Crippen LogP contribution is -2.50. The summed E-state index contributed by atoms with van der Waals surface area (Å²) in [7, 11) is 3.06. The average molecular weight is 354 g/mol. The van der Waals surface area contributed by atoms with Crippen molar-refractivity contribution in [3.8, 4) is 11.5 Å². The van der Waals surface area contributed by atoms with Gasteiger partial charge in [-0.25, -0.2) is 0 Å². The summed E-state index contributed by atoms with van der Waals surface area (Å²) in [5, 5.41) is 0. The molecule has 0 aromatic heterocycles. The van der Waals surface area contributed by atoms with Crippen molar-refractivity contribution in [3.63, 3.8) is 0 Å². The number of piperazine rings is 1. The number of carbonyl (C=O) groups is 2. The number of hydrogen-bond donors (Lipinski definition) is 0. The van der Waals surface area contributed by atoms with E-state index in [0.717, 1.165) is 0 Å². The Hall–Kier alpha value is -3.02. The van der Waals surface area contributed by atoms with Crippen molar-refractivity contribution in [3.05, 3.63) is 59.7 Å². The summed E-state index contributed by atoms with van der Waals surface area (Å²) < 4.78 is 10.6. The maximum absolute atomic E-state index is 12.9. The van der Waals surface area contributed by atoms with Gasteiger partial charge >= 0.3 is 0 Å². The lowest BCUT2D eigenvalue weighted by Gasteiger charge is -2.35. The first kappa shape index (κ1) is 17.8. The summed E-state index contributed by atoms with van der Waals surface area (Å²) in [5.41, 5.74) is 1.14. The quantitative estimate of drug-likeness (QED) is 0.845. The minimum Gasteiger partial charge on any atom is -0.493 e. The Kier molecular flexibility index (Phi) is 5.41. The monoisotopic (exact) mass is 354 g/mol. The predicted octanol–water partition coefficient (Wildman–Crippen LogP) is 2.30. The van der Waals surface area contributed by atoms with Gasteiger partial charge in [0.25, 0.3) is 11.8 Å². The minimum absolute atomic E-state index is 0.00309. The smallest absolute Gasteiger partial charge is 0.257 e. The summed E-state index contributed by atoms with van der Waals surface area (Å²) in [4.78, 5) is 28.9. The van der Waals surface area contributed by atoms with E-state index in [1.54, 1.807) is 47.2 Å². The van der Waals surface area contributed by atoms with Crippen LogP contribution < -0.4 is 9.47 Å². The molecule has 2 amide bonds. The second-order valence-electron chi connectivity index (χ2n) is 5.99. The van der Waals surface area contributed by atoms with E-state index in [1.165, 1.54) is 7.11 Å². The number of hydrogen-bond acceptors (Lipinski definition) is 4. The molecule has 0 unspecified atom stereocenters. The molecule has 1 aliphatic rings. The molecule has 0 radical (unpaired) electrons. The summed E-state index contributed by atoms with van der Waals surface area (Å²) in [6, 6.07) is 14.4. The van der Waals surface area contributed by atoms with Crippen LogP contribution in [0.15, 0.2) is 48.5 Å². The predicted molar refractivity (Wildman–Crippen MR) is 97.8 cm³/mol. The Morgan fingerprint density at radius 1 is 0.769 bits per heavy atom. The number of methoxy groups -OCH3 is 2. The van der Waals surface area contributed by atoms with Gasteiger partial charge in [-0.15, -0.1) is 0 Å². The van der Waals surface area contributed by atoms with Gasteiger partial charge in [-0.1, -0.05) is 24.3 Å². The molecular weight excluding hydrogens is 332 g/mol. The molecule has 136 valence electrons. The van der Waals surface area contributed by atoms with Crippen molar-refractivity contribution >= 4 is 11.8 Å². The van der Waals surface area contributed by atoms with E-state index in [1.807, 2.05) is 18.2 Å². The Balaban J connectivity index is 1.69. The molecule has 0 atom stereocenters. The van der Waals surface area contributed by atoms with Crippen molar-refractivity contribution in [1.82, 2.24) is 9.80 Å². The van der Waals surface area contributed by atoms with Gasteiger partial charge in [0.05, 0.1) is 19.8 Å². The highest BCUT2D eigenvalue weighted by Crippen LogP contribution is 2.31. The Bertz CT molecular complexity index is 784. The number of benzene rings is 2. The second-order valence-corrected chi connectivity index (χ2v) is 5.99. The second kappa shape index (κ2) is 7.91. The van der Waals surface area contributed by atoms with Crippen LogP contribution in [0, 0.1) is 0 Å². The average Bonchev–Trinajstić information content (AvgIpc) is 2.72. The van der Waals surface area contributed by atoms with Crippen LogP contribution >= 0.6 is 0 Å². The van der Waals surface area contributed by atoms with E-state index in [9.17, 15) is 9.59 Å². The van der Waals surface area contributed by atoms with Crippen molar-refractivity contribution in [2.75, 3.05) is 40.4 Å². The summed E-state index contributed by atoms with van der Waals surface area (Å²) in [5.74, 6) is 0.836. The Morgan fingerprint density at radius 3 is 1.96 bits per heavy atom. The fraction of sp³-hybridized carbons (Fsp3) is 0.300. The molecule has 2 aromatic rings. The van der Waals surface area contributed by atoms with Crippen molar-refractivity contribution < 1.29 is 19.1 Å². The van der Waals surface area contributed by atoms with Crippen LogP contribution in [0.4, 0.5) is 0 Å². The molecule has 3 rings (SSSR count). The molecular formula is C20H22N2O4. The molecule has 0 aliphatic carbocycles. The largest absolute Gasteiger partial charge is 0.493 e. The highest BCUT2D eigenvalue weighted by Gasteiger charge is 2.27. The maximum atomic E-state index is 12.9. The number of ether oxygens (including phenoxy) is 2. The molecule has 0 bridgehead atoms. The number of carbonyl (C=O) groups excluding carboxylic acids is 2. The lowest BCUT2D eigenvalue weighted by molar-refractivity contribution is 0.0533. The Morgan fingerprint density at radius 2 is 1.38 bits per heavy atom. The van der Waals surface area contributed by atoms with E-state index >= 15 is 0 Å². The molecule has 1 aliphatic heterocycles. The molecule has 1 saturated heterocycles. The number of amides is 2. The molecule has 6 heteroatoms. The van der Waals surface area contributed by atoms with Crippen LogP contribution in [0.1, 0.15) is 20.7 Å².